The Morgan fingerprint density at radius 3 is 3.17 bits per heavy atom. The van der Waals surface area contributed by atoms with E-state index >= 15 is 0 Å². The highest BCUT2D eigenvalue weighted by atomic mass is 14.9. The van der Waals surface area contributed by atoms with E-state index in [0.717, 1.165) is 6.54 Å². The van der Waals surface area contributed by atoms with E-state index in [4.69, 9.17) is 5.73 Å². The molecule has 0 aromatic heterocycles. The standard InChI is InChI=1S/C10H14N2/c1-7-6-12-10-3-2-8(5-11)4-9(7)10/h2-4,7,12H,5-6,11H2,1H3. The summed E-state index contributed by atoms with van der Waals surface area (Å²) >= 11 is 0. The molecule has 1 aromatic carbocycles. The van der Waals surface area contributed by atoms with Gasteiger partial charge in [0.1, 0.15) is 0 Å². The van der Waals surface area contributed by atoms with Gasteiger partial charge in [-0.3, -0.25) is 0 Å². The van der Waals surface area contributed by atoms with Gasteiger partial charge in [-0.1, -0.05) is 19.1 Å². The molecule has 1 atom stereocenters. The zero-order valence-corrected chi connectivity index (χ0v) is 7.30. The minimum atomic E-state index is 0.631. The lowest BCUT2D eigenvalue weighted by Crippen LogP contribution is -1.97. The number of hydrogen-bond acceptors (Lipinski definition) is 2. The highest BCUT2D eigenvalue weighted by molar-refractivity contribution is 5.58. The molecule has 2 heteroatoms. The summed E-state index contributed by atoms with van der Waals surface area (Å²) in [4.78, 5) is 0. The second-order valence-electron chi connectivity index (χ2n) is 3.41. The molecule has 2 nitrogen and oxygen atoms in total. The first kappa shape index (κ1) is 7.62. The number of fused-ring (bicyclic) bond motifs is 1. The van der Waals surface area contributed by atoms with Crippen molar-refractivity contribution in [2.24, 2.45) is 5.73 Å². The lowest BCUT2D eigenvalue weighted by Gasteiger charge is -2.04. The van der Waals surface area contributed by atoms with E-state index in [9.17, 15) is 0 Å². The molecule has 1 aliphatic rings. The van der Waals surface area contributed by atoms with Gasteiger partial charge in [0.25, 0.3) is 0 Å². The van der Waals surface area contributed by atoms with Crippen LogP contribution in [0.15, 0.2) is 18.2 Å². The first-order valence-electron chi connectivity index (χ1n) is 4.38. The molecule has 3 N–H and O–H groups in total. The lowest BCUT2D eigenvalue weighted by molar-refractivity contribution is 0.851. The monoisotopic (exact) mass is 162 g/mol. The molecule has 0 saturated heterocycles. The van der Waals surface area contributed by atoms with Gasteiger partial charge in [0.15, 0.2) is 0 Å². The number of hydrogen-bond donors (Lipinski definition) is 2. The summed E-state index contributed by atoms with van der Waals surface area (Å²) in [6.07, 6.45) is 0. The van der Waals surface area contributed by atoms with E-state index < -0.39 is 0 Å². The fourth-order valence-corrected chi connectivity index (χ4v) is 1.68. The van der Waals surface area contributed by atoms with Crippen molar-refractivity contribution >= 4 is 5.69 Å². The summed E-state index contributed by atoms with van der Waals surface area (Å²) in [5, 5.41) is 3.36. The second kappa shape index (κ2) is 2.79. The van der Waals surface area contributed by atoms with Gasteiger partial charge in [-0.05, 0) is 17.2 Å². The highest BCUT2D eigenvalue weighted by Gasteiger charge is 2.17. The van der Waals surface area contributed by atoms with Crippen LogP contribution in [0.25, 0.3) is 0 Å². The number of anilines is 1. The van der Waals surface area contributed by atoms with Gasteiger partial charge in [0.2, 0.25) is 0 Å². The van der Waals surface area contributed by atoms with Crippen molar-refractivity contribution in [3.63, 3.8) is 0 Å². The van der Waals surface area contributed by atoms with E-state index in [1.807, 2.05) is 0 Å². The van der Waals surface area contributed by atoms with Crippen LogP contribution in [0, 0.1) is 0 Å². The van der Waals surface area contributed by atoms with Gasteiger partial charge in [0.05, 0.1) is 0 Å². The van der Waals surface area contributed by atoms with Gasteiger partial charge in [-0.2, -0.15) is 0 Å². The molecular weight excluding hydrogens is 148 g/mol. The number of benzene rings is 1. The molecule has 0 saturated carbocycles. The summed E-state index contributed by atoms with van der Waals surface area (Å²) in [6, 6.07) is 6.42. The van der Waals surface area contributed by atoms with E-state index in [0.29, 0.717) is 12.5 Å². The van der Waals surface area contributed by atoms with Gasteiger partial charge >= 0.3 is 0 Å². The van der Waals surface area contributed by atoms with Gasteiger partial charge in [-0.25, -0.2) is 0 Å². The molecule has 1 heterocycles. The van der Waals surface area contributed by atoms with Crippen LogP contribution in [-0.4, -0.2) is 6.54 Å². The second-order valence-corrected chi connectivity index (χ2v) is 3.41. The Hall–Kier alpha value is -1.02. The Morgan fingerprint density at radius 1 is 1.58 bits per heavy atom. The van der Waals surface area contributed by atoms with Crippen molar-refractivity contribution in [2.75, 3.05) is 11.9 Å². The number of rotatable bonds is 1. The Labute approximate surface area is 72.8 Å². The van der Waals surface area contributed by atoms with Crippen molar-refractivity contribution in [1.29, 1.82) is 0 Å². The fourth-order valence-electron chi connectivity index (χ4n) is 1.68. The van der Waals surface area contributed by atoms with Crippen molar-refractivity contribution in [1.82, 2.24) is 0 Å². The summed E-state index contributed by atoms with van der Waals surface area (Å²) < 4.78 is 0. The summed E-state index contributed by atoms with van der Waals surface area (Å²) in [5.41, 5.74) is 9.49. The minimum absolute atomic E-state index is 0.631. The average molecular weight is 162 g/mol. The van der Waals surface area contributed by atoms with E-state index in [-0.39, 0.29) is 0 Å². The van der Waals surface area contributed by atoms with Crippen LogP contribution in [0.2, 0.25) is 0 Å². The van der Waals surface area contributed by atoms with Crippen LogP contribution in [0.3, 0.4) is 0 Å². The molecular formula is C10H14N2. The average Bonchev–Trinajstić information content (AvgIpc) is 2.47. The van der Waals surface area contributed by atoms with E-state index in [1.165, 1.54) is 16.8 Å². The molecule has 0 fully saturated rings. The lowest BCUT2D eigenvalue weighted by atomic mass is 10.0. The van der Waals surface area contributed by atoms with Crippen molar-refractivity contribution in [2.45, 2.75) is 19.4 Å². The third-order valence-corrected chi connectivity index (χ3v) is 2.48. The van der Waals surface area contributed by atoms with Crippen LogP contribution < -0.4 is 11.1 Å². The molecule has 0 amide bonds. The number of nitrogens with one attached hydrogen (secondary N) is 1. The fraction of sp³-hybridized carbons (Fsp3) is 0.400. The third kappa shape index (κ3) is 1.08. The molecule has 0 spiro atoms. The van der Waals surface area contributed by atoms with Crippen LogP contribution in [0.4, 0.5) is 5.69 Å². The normalized spacial score (nSPS) is 20.3. The zero-order valence-electron chi connectivity index (χ0n) is 7.30. The molecule has 1 aromatic rings. The Kier molecular flexibility index (Phi) is 1.77. The summed E-state index contributed by atoms with van der Waals surface area (Å²) in [5.74, 6) is 0.631. The van der Waals surface area contributed by atoms with Crippen LogP contribution in [-0.2, 0) is 6.54 Å². The van der Waals surface area contributed by atoms with Gasteiger partial charge in [-0.15, -0.1) is 0 Å². The highest BCUT2D eigenvalue weighted by Crippen LogP contribution is 2.31. The molecule has 1 unspecified atom stereocenters. The van der Waals surface area contributed by atoms with E-state index in [2.05, 4.69) is 30.4 Å². The summed E-state index contributed by atoms with van der Waals surface area (Å²) in [7, 11) is 0. The van der Waals surface area contributed by atoms with E-state index in [1.54, 1.807) is 0 Å². The minimum Gasteiger partial charge on any atom is -0.384 e. The van der Waals surface area contributed by atoms with Crippen LogP contribution in [0.5, 0.6) is 0 Å². The first-order chi connectivity index (χ1) is 5.81. The predicted octanol–water partition coefficient (Wildman–Crippen LogP) is 1.67. The maximum Gasteiger partial charge on any atom is 0.0376 e. The molecule has 0 radical (unpaired) electrons. The maximum absolute atomic E-state index is 5.57. The maximum atomic E-state index is 5.57. The van der Waals surface area contributed by atoms with Gasteiger partial charge in [0, 0.05) is 24.7 Å². The Morgan fingerprint density at radius 2 is 2.42 bits per heavy atom. The molecule has 1 aliphatic heterocycles. The van der Waals surface area contributed by atoms with Gasteiger partial charge < -0.3 is 11.1 Å². The van der Waals surface area contributed by atoms with Crippen LogP contribution in [0.1, 0.15) is 24.0 Å². The largest absolute Gasteiger partial charge is 0.384 e. The zero-order chi connectivity index (χ0) is 8.55. The molecule has 2 rings (SSSR count). The smallest absolute Gasteiger partial charge is 0.0376 e. The summed E-state index contributed by atoms with van der Waals surface area (Å²) in [6.45, 7) is 3.93. The Balaban J connectivity index is 2.43. The molecule has 0 bridgehead atoms. The SMILES string of the molecule is CC1CNc2ccc(CN)cc21. The Bertz CT molecular complexity index is 294. The quantitative estimate of drug-likeness (QED) is 0.659. The van der Waals surface area contributed by atoms with Crippen LogP contribution >= 0.6 is 0 Å². The molecule has 64 valence electrons. The predicted molar refractivity (Wildman–Crippen MR) is 51.2 cm³/mol. The number of nitrogens with two attached hydrogens (primary N) is 1. The van der Waals surface area contributed by atoms with Crippen molar-refractivity contribution < 1.29 is 0 Å². The molecule has 0 aliphatic carbocycles. The molecule has 12 heavy (non-hydrogen) atoms. The topological polar surface area (TPSA) is 38.0 Å². The third-order valence-electron chi connectivity index (χ3n) is 2.48. The first-order valence-corrected chi connectivity index (χ1v) is 4.38. The van der Waals surface area contributed by atoms with Crippen molar-refractivity contribution in [3.8, 4) is 0 Å². The van der Waals surface area contributed by atoms with Crippen molar-refractivity contribution in [3.05, 3.63) is 29.3 Å².